The average molecular weight is 567 g/mol. The molecule has 0 aliphatic heterocycles. The molecular weight excluding hydrogens is 530 g/mol. The Kier molecular flexibility index (Phi) is 8.29. The summed E-state index contributed by atoms with van der Waals surface area (Å²) >= 11 is 1.71. The number of aromatic nitrogens is 2. The predicted octanol–water partition coefficient (Wildman–Crippen LogP) is 6.31. The van der Waals surface area contributed by atoms with E-state index in [1.807, 2.05) is 18.2 Å². The number of rotatable bonds is 10. The van der Waals surface area contributed by atoms with E-state index in [2.05, 4.69) is 53.1 Å². The second kappa shape index (κ2) is 11.7. The molecule has 3 atom stereocenters. The lowest BCUT2D eigenvalue weighted by Gasteiger charge is -2.25. The van der Waals surface area contributed by atoms with Gasteiger partial charge in [-0.25, -0.2) is 15.8 Å². The summed E-state index contributed by atoms with van der Waals surface area (Å²) in [7, 11) is -3.16. The maximum Gasteiger partial charge on any atom is 0.349 e. The van der Waals surface area contributed by atoms with Crippen LogP contribution in [0.25, 0.3) is 16.3 Å². The number of anilines is 3. The number of benzene rings is 1. The number of hydrogen-bond acceptors (Lipinski definition) is 8. The summed E-state index contributed by atoms with van der Waals surface area (Å²) in [5.74, 6) is 8.24. The van der Waals surface area contributed by atoms with Crippen LogP contribution in [-0.4, -0.2) is 33.9 Å². The molecule has 0 saturated carbocycles. The van der Waals surface area contributed by atoms with Crippen LogP contribution in [0.4, 0.5) is 17.2 Å². The molecule has 206 valence electrons. The van der Waals surface area contributed by atoms with E-state index < -0.39 is 10.5 Å². The molecular formula is C29H36N5O3S2+. The summed E-state index contributed by atoms with van der Waals surface area (Å²) in [6.07, 6.45) is 15.7. The first-order valence-electron chi connectivity index (χ1n) is 13.2. The highest BCUT2D eigenvalue weighted by atomic mass is 32.3. The van der Waals surface area contributed by atoms with Crippen LogP contribution >= 0.6 is 11.3 Å². The number of hydrogen-bond donors (Lipinski definition) is 3. The van der Waals surface area contributed by atoms with E-state index in [1.165, 1.54) is 22.3 Å². The fourth-order valence-electron chi connectivity index (χ4n) is 5.44. The Morgan fingerprint density at radius 2 is 2.21 bits per heavy atom. The van der Waals surface area contributed by atoms with Crippen molar-refractivity contribution in [3.8, 4) is 0 Å². The van der Waals surface area contributed by atoms with Crippen LogP contribution < -0.4 is 16.2 Å². The first-order chi connectivity index (χ1) is 18.7. The molecule has 0 bridgehead atoms. The van der Waals surface area contributed by atoms with E-state index in [-0.39, 0.29) is 0 Å². The highest BCUT2D eigenvalue weighted by Crippen LogP contribution is 2.41. The number of nitrogens with one attached hydrogen (secondary N) is 1. The number of fused-ring (bicyclic) bond motifs is 3. The fraction of sp³-hybridized carbons (Fsp3) is 0.379. The highest BCUT2D eigenvalue weighted by molar-refractivity contribution is 7.92. The van der Waals surface area contributed by atoms with Crippen molar-refractivity contribution in [3.05, 3.63) is 70.9 Å². The van der Waals surface area contributed by atoms with Gasteiger partial charge in [0, 0.05) is 16.1 Å². The Labute approximate surface area is 235 Å². The van der Waals surface area contributed by atoms with Gasteiger partial charge in [-0.2, -0.15) is 4.55 Å². The molecule has 0 spiro atoms. The van der Waals surface area contributed by atoms with E-state index in [0.29, 0.717) is 25.0 Å². The molecule has 1 aromatic carbocycles. The largest absolute Gasteiger partial charge is 0.349 e. The van der Waals surface area contributed by atoms with Gasteiger partial charge in [-0.05, 0) is 77.5 Å². The lowest BCUT2D eigenvalue weighted by atomic mass is 9.86. The molecule has 0 radical (unpaired) electrons. The van der Waals surface area contributed by atoms with E-state index in [4.69, 9.17) is 10.0 Å². The van der Waals surface area contributed by atoms with Crippen LogP contribution in [0.3, 0.4) is 0 Å². The zero-order valence-corrected chi connectivity index (χ0v) is 24.1. The first-order valence-corrected chi connectivity index (χ1v) is 15.9. The Morgan fingerprint density at radius 1 is 1.36 bits per heavy atom. The maximum absolute atomic E-state index is 11.4. The van der Waals surface area contributed by atoms with Gasteiger partial charge >= 0.3 is 10.5 Å². The van der Waals surface area contributed by atoms with Crippen LogP contribution in [0.5, 0.6) is 0 Å². The number of thiophene rings is 1. The van der Waals surface area contributed by atoms with E-state index in [1.54, 1.807) is 22.7 Å². The number of hydrazine groups is 1. The molecule has 0 fully saturated rings. The van der Waals surface area contributed by atoms with E-state index in [0.717, 1.165) is 65.1 Å². The Morgan fingerprint density at radius 3 is 2.97 bits per heavy atom. The van der Waals surface area contributed by atoms with Crippen molar-refractivity contribution in [1.82, 2.24) is 9.97 Å². The zero-order chi connectivity index (χ0) is 27.6. The van der Waals surface area contributed by atoms with E-state index >= 15 is 0 Å². The van der Waals surface area contributed by atoms with Gasteiger partial charge in [0.25, 0.3) is 0 Å². The van der Waals surface area contributed by atoms with Gasteiger partial charge < -0.3 is 10.3 Å². The average Bonchev–Trinajstić information content (AvgIpc) is 3.26. The third-order valence-corrected chi connectivity index (χ3v) is 9.09. The molecule has 3 aromatic rings. The monoisotopic (exact) mass is 566 g/mol. The quantitative estimate of drug-likeness (QED) is 0.149. The van der Waals surface area contributed by atoms with Crippen LogP contribution in [0, 0.1) is 11.8 Å². The smallest absolute Gasteiger partial charge is 0.340 e. The first kappa shape index (κ1) is 27.7. The Balaban J connectivity index is 1.32. The molecule has 0 amide bonds. The molecule has 2 aliphatic rings. The number of allylic oxidation sites excluding steroid dienone is 3. The molecule has 5 rings (SSSR count). The van der Waals surface area contributed by atoms with E-state index in [9.17, 15) is 8.76 Å². The van der Waals surface area contributed by atoms with Crippen molar-refractivity contribution in [2.24, 2.45) is 17.7 Å². The van der Waals surface area contributed by atoms with Crippen molar-refractivity contribution in [2.45, 2.75) is 39.0 Å². The molecule has 4 N–H and O–H groups in total. The molecule has 3 unspecified atom stereocenters. The van der Waals surface area contributed by atoms with Gasteiger partial charge in [0.2, 0.25) is 0 Å². The minimum Gasteiger partial charge on any atom is -0.340 e. The molecule has 10 heteroatoms. The van der Waals surface area contributed by atoms with Gasteiger partial charge in [0.1, 0.15) is 23.6 Å². The number of nitrogens with two attached hydrogens (primary N) is 1. The van der Waals surface area contributed by atoms with Crippen molar-refractivity contribution >= 4 is 55.3 Å². The molecule has 39 heavy (non-hydrogen) atoms. The zero-order valence-electron chi connectivity index (χ0n) is 22.4. The van der Waals surface area contributed by atoms with Crippen LogP contribution in [-0.2, 0) is 31.7 Å². The van der Waals surface area contributed by atoms with Crippen molar-refractivity contribution in [2.75, 3.05) is 29.7 Å². The summed E-state index contributed by atoms with van der Waals surface area (Å²) in [5.41, 5.74) is 5.39. The SMILES string of the molecule is C=Cc1cc(Nc2ncnc3sc4c(c23)CCC(CCO[S+](C)(=O)O)C4)ccc1N(N)CC1=CC=CC(C)C1. The topological polar surface area (TPSA) is 114 Å². The van der Waals surface area contributed by atoms with Gasteiger partial charge in [-0.15, -0.1) is 15.5 Å². The number of nitrogens with zero attached hydrogens (tertiary/aromatic N) is 3. The second-order valence-corrected chi connectivity index (χ2v) is 13.3. The van der Waals surface area contributed by atoms with Crippen molar-refractivity contribution in [3.63, 3.8) is 0 Å². The van der Waals surface area contributed by atoms with Crippen LogP contribution in [0.2, 0.25) is 0 Å². The third kappa shape index (κ3) is 6.64. The lowest BCUT2D eigenvalue weighted by molar-refractivity contribution is 0.250. The third-order valence-electron chi connectivity index (χ3n) is 7.32. The Hall–Kier alpha value is -2.89. The molecule has 0 saturated heterocycles. The normalized spacial score (nSPS) is 20.3. The molecule has 8 nitrogen and oxygen atoms in total. The minimum absolute atomic E-state index is 0.291. The number of aryl methyl sites for hydroxylation is 1. The van der Waals surface area contributed by atoms with Gasteiger partial charge in [-0.1, -0.05) is 37.8 Å². The fourth-order valence-corrected chi connectivity index (χ4v) is 7.14. The summed E-state index contributed by atoms with van der Waals surface area (Å²) in [6, 6.07) is 6.10. The minimum atomic E-state index is -3.16. The maximum atomic E-state index is 11.4. The van der Waals surface area contributed by atoms with Gasteiger partial charge in [0.15, 0.2) is 6.26 Å². The van der Waals surface area contributed by atoms with Crippen LogP contribution in [0.1, 0.15) is 42.2 Å². The second-order valence-electron chi connectivity index (χ2n) is 10.5. The predicted molar refractivity (Wildman–Crippen MR) is 162 cm³/mol. The van der Waals surface area contributed by atoms with Gasteiger partial charge in [0.05, 0.1) is 17.6 Å². The lowest BCUT2D eigenvalue weighted by Crippen LogP contribution is -2.34. The summed E-state index contributed by atoms with van der Waals surface area (Å²) < 4.78 is 25.9. The Bertz CT molecular complexity index is 1480. The van der Waals surface area contributed by atoms with Gasteiger partial charge in [-0.3, -0.25) is 0 Å². The van der Waals surface area contributed by atoms with Crippen molar-refractivity contribution < 1.29 is 12.9 Å². The molecule has 2 heterocycles. The summed E-state index contributed by atoms with van der Waals surface area (Å²) in [6.45, 7) is 7.20. The summed E-state index contributed by atoms with van der Waals surface area (Å²) in [5, 5.41) is 6.39. The van der Waals surface area contributed by atoms with Crippen molar-refractivity contribution in [1.29, 1.82) is 0 Å². The standard InChI is InChI=1S/C29H35N5O3S2/c1-4-22-16-23(9-11-25(22)34(30)17-21-7-5-6-19(2)14-21)33-28-27-24-10-8-20(12-13-37-39(3,35)36)15-26(24)38-29(27)32-18-31-28/h4-7,9,11,16,18-20H,1,8,10,12-15,17,30H2,2-3H3,(H-,31,32,33,35,36)/p+1. The highest BCUT2D eigenvalue weighted by Gasteiger charge is 2.27. The molecule has 2 aliphatic carbocycles. The van der Waals surface area contributed by atoms with Crippen LogP contribution in [0.15, 0.2) is 54.9 Å². The molecule has 2 aromatic heterocycles. The summed E-state index contributed by atoms with van der Waals surface area (Å²) in [4.78, 5) is 11.5.